The molecule has 1 aromatic carbocycles. The second kappa shape index (κ2) is 4.35. The lowest BCUT2D eigenvalue weighted by Crippen LogP contribution is -2.22. The molecule has 0 saturated heterocycles. The maximum Gasteiger partial charge on any atom is 0.262 e. The highest BCUT2D eigenvalue weighted by molar-refractivity contribution is 6.09. The number of amides is 1. The summed E-state index contributed by atoms with van der Waals surface area (Å²) >= 11 is 0. The molecule has 1 amide bonds. The van der Waals surface area contributed by atoms with Gasteiger partial charge in [-0.15, -0.1) is 0 Å². The summed E-state index contributed by atoms with van der Waals surface area (Å²) in [5.74, 6) is 0.499. The first kappa shape index (κ1) is 11.6. The Morgan fingerprint density at radius 1 is 1.26 bits per heavy atom. The minimum Gasteiger partial charge on any atom is -0.357 e. The molecule has 5 heteroatoms. The van der Waals surface area contributed by atoms with E-state index in [9.17, 15) is 4.79 Å². The molecule has 1 N–H and O–H groups in total. The summed E-state index contributed by atoms with van der Waals surface area (Å²) in [6.45, 7) is 2.52. The van der Waals surface area contributed by atoms with Crippen LogP contribution < -0.4 is 10.2 Å². The summed E-state index contributed by atoms with van der Waals surface area (Å²) in [5.41, 5.74) is 3.41. The summed E-state index contributed by atoms with van der Waals surface area (Å²) in [5, 5.41) is 2.88. The Kier molecular flexibility index (Phi) is 2.67. The van der Waals surface area contributed by atoms with Gasteiger partial charge in [0.05, 0.1) is 17.8 Å². The standard InChI is InChI=1S/C14H14N4O/c1-9-3-5-10(6-4-9)18-8-12-11(13(18)19)7-16-14(15-2)17-12/h3-7H,8H2,1-2H3,(H,15,16,17). The van der Waals surface area contributed by atoms with Crippen molar-refractivity contribution in [3.63, 3.8) is 0 Å². The molecule has 0 atom stereocenters. The normalized spacial score (nSPS) is 13.6. The van der Waals surface area contributed by atoms with Crippen LogP contribution in [-0.2, 0) is 6.54 Å². The van der Waals surface area contributed by atoms with E-state index in [1.165, 1.54) is 5.56 Å². The van der Waals surface area contributed by atoms with Crippen molar-refractivity contribution < 1.29 is 4.79 Å². The molecule has 1 aliphatic rings. The van der Waals surface area contributed by atoms with Crippen LogP contribution in [0.5, 0.6) is 0 Å². The fourth-order valence-corrected chi connectivity index (χ4v) is 2.14. The van der Waals surface area contributed by atoms with E-state index in [4.69, 9.17) is 0 Å². The number of hydrogen-bond donors (Lipinski definition) is 1. The first-order valence-corrected chi connectivity index (χ1v) is 6.11. The summed E-state index contributed by atoms with van der Waals surface area (Å²) in [6, 6.07) is 7.89. The van der Waals surface area contributed by atoms with E-state index in [2.05, 4.69) is 15.3 Å². The molecule has 0 fully saturated rings. The number of nitrogens with one attached hydrogen (secondary N) is 1. The van der Waals surface area contributed by atoms with Gasteiger partial charge in [-0.05, 0) is 19.1 Å². The van der Waals surface area contributed by atoms with E-state index in [0.717, 1.165) is 11.4 Å². The van der Waals surface area contributed by atoms with Crippen LogP contribution in [0.15, 0.2) is 30.5 Å². The minimum atomic E-state index is -0.0403. The molecule has 3 rings (SSSR count). The van der Waals surface area contributed by atoms with E-state index in [1.807, 2.05) is 31.2 Å². The second-order valence-corrected chi connectivity index (χ2v) is 4.53. The molecule has 0 bridgehead atoms. The predicted molar refractivity (Wildman–Crippen MR) is 73.3 cm³/mol. The summed E-state index contributed by atoms with van der Waals surface area (Å²) in [4.78, 5) is 22.5. The first-order valence-electron chi connectivity index (χ1n) is 6.11. The number of rotatable bonds is 2. The fraction of sp³-hybridized carbons (Fsp3) is 0.214. The second-order valence-electron chi connectivity index (χ2n) is 4.53. The highest BCUT2D eigenvalue weighted by Crippen LogP contribution is 2.27. The van der Waals surface area contributed by atoms with Gasteiger partial charge < -0.3 is 10.2 Å². The Morgan fingerprint density at radius 2 is 2.00 bits per heavy atom. The van der Waals surface area contributed by atoms with Crippen LogP contribution in [-0.4, -0.2) is 22.9 Å². The van der Waals surface area contributed by atoms with E-state index < -0.39 is 0 Å². The maximum atomic E-state index is 12.3. The van der Waals surface area contributed by atoms with Crippen molar-refractivity contribution in [2.24, 2.45) is 0 Å². The van der Waals surface area contributed by atoms with Gasteiger partial charge in [-0.1, -0.05) is 17.7 Å². The Bertz CT molecular complexity index is 636. The number of carbonyl (C=O) groups excluding carboxylic acids is 1. The molecule has 0 saturated carbocycles. The van der Waals surface area contributed by atoms with Crippen molar-refractivity contribution in [3.05, 3.63) is 47.3 Å². The molecule has 1 aliphatic heterocycles. The van der Waals surface area contributed by atoms with Crippen molar-refractivity contribution in [3.8, 4) is 0 Å². The lowest BCUT2D eigenvalue weighted by Gasteiger charge is -2.15. The molecular weight excluding hydrogens is 240 g/mol. The number of aromatic nitrogens is 2. The smallest absolute Gasteiger partial charge is 0.262 e. The van der Waals surface area contributed by atoms with Gasteiger partial charge in [0.1, 0.15) is 0 Å². The molecule has 5 nitrogen and oxygen atoms in total. The first-order chi connectivity index (χ1) is 9.19. The van der Waals surface area contributed by atoms with Crippen LogP contribution in [0.1, 0.15) is 21.6 Å². The van der Waals surface area contributed by atoms with Gasteiger partial charge in [0, 0.05) is 18.9 Å². The predicted octanol–water partition coefficient (Wildman–Crippen LogP) is 1.99. The summed E-state index contributed by atoms with van der Waals surface area (Å²) in [7, 11) is 1.76. The zero-order valence-corrected chi connectivity index (χ0v) is 10.8. The number of fused-ring (bicyclic) bond motifs is 1. The van der Waals surface area contributed by atoms with Gasteiger partial charge in [0.2, 0.25) is 5.95 Å². The summed E-state index contributed by atoms with van der Waals surface area (Å²) in [6.07, 6.45) is 1.59. The number of anilines is 2. The Morgan fingerprint density at radius 3 is 2.68 bits per heavy atom. The molecule has 0 radical (unpaired) electrons. The van der Waals surface area contributed by atoms with Crippen molar-refractivity contribution in [1.82, 2.24) is 9.97 Å². The van der Waals surface area contributed by atoms with E-state index in [1.54, 1.807) is 18.1 Å². The lowest BCUT2D eigenvalue weighted by molar-refractivity contribution is 0.0996. The number of benzene rings is 1. The molecule has 0 spiro atoms. The van der Waals surface area contributed by atoms with E-state index in [0.29, 0.717) is 18.1 Å². The number of carbonyl (C=O) groups is 1. The van der Waals surface area contributed by atoms with Crippen LogP contribution in [0.3, 0.4) is 0 Å². The number of nitrogens with zero attached hydrogens (tertiary/aromatic N) is 3. The highest BCUT2D eigenvalue weighted by Gasteiger charge is 2.30. The molecule has 0 unspecified atom stereocenters. The van der Waals surface area contributed by atoms with Gasteiger partial charge in [0.15, 0.2) is 0 Å². The van der Waals surface area contributed by atoms with Gasteiger partial charge in [-0.2, -0.15) is 0 Å². The lowest BCUT2D eigenvalue weighted by atomic mass is 10.2. The third-order valence-corrected chi connectivity index (χ3v) is 3.22. The highest BCUT2D eigenvalue weighted by atomic mass is 16.2. The minimum absolute atomic E-state index is 0.0403. The van der Waals surface area contributed by atoms with Crippen LogP contribution in [0.2, 0.25) is 0 Å². The van der Waals surface area contributed by atoms with Crippen molar-refractivity contribution in [2.75, 3.05) is 17.3 Å². The van der Waals surface area contributed by atoms with Crippen LogP contribution in [0.4, 0.5) is 11.6 Å². The van der Waals surface area contributed by atoms with Crippen LogP contribution in [0.25, 0.3) is 0 Å². The molecular formula is C14H14N4O. The summed E-state index contributed by atoms with van der Waals surface area (Å²) < 4.78 is 0. The third-order valence-electron chi connectivity index (χ3n) is 3.22. The largest absolute Gasteiger partial charge is 0.357 e. The van der Waals surface area contributed by atoms with Crippen molar-refractivity contribution in [2.45, 2.75) is 13.5 Å². The van der Waals surface area contributed by atoms with Gasteiger partial charge in [-0.3, -0.25) is 4.79 Å². The van der Waals surface area contributed by atoms with E-state index >= 15 is 0 Å². The molecule has 2 aromatic rings. The average Bonchev–Trinajstić information content (AvgIpc) is 2.76. The molecule has 0 aliphatic carbocycles. The van der Waals surface area contributed by atoms with E-state index in [-0.39, 0.29) is 5.91 Å². The van der Waals surface area contributed by atoms with Crippen molar-refractivity contribution in [1.29, 1.82) is 0 Å². The molecule has 2 heterocycles. The average molecular weight is 254 g/mol. The Balaban J connectivity index is 1.96. The zero-order chi connectivity index (χ0) is 13.4. The van der Waals surface area contributed by atoms with Gasteiger partial charge >= 0.3 is 0 Å². The Hall–Kier alpha value is -2.43. The molecule has 96 valence electrons. The SMILES string of the molecule is CNc1ncc2c(n1)CN(c1ccc(C)cc1)C2=O. The number of hydrogen-bond acceptors (Lipinski definition) is 4. The maximum absolute atomic E-state index is 12.3. The fourth-order valence-electron chi connectivity index (χ4n) is 2.14. The number of aryl methyl sites for hydroxylation is 1. The quantitative estimate of drug-likeness (QED) is 0.890. The van der Waals surface area contributed by atoms with Gasteiger partial charge in [0.25, 0.3) is 5.91 Å². The molecule has 19 heavy (non-hydrogen) atoms. The zero-order valence-electron chi connectivity index (χ0n) is 10.8. The van der Waals surface area contributed by atoms with Gasteiger partial charge in [-0.25, -0.2) is 9.97 Å². The molecule has 1 aromatic heterocycles. The third kappa shape index (κ3) is 1.93. The Labute approximate surface area is 111 Å². The topological polar surface area (TPSA) is 58.1 Å². The van der Waals surface area contributed by atoms with Crippen LogP contribution >= 0.6 is 0 Å². The monoisotopic (exact) mass is 254 g/mol. The van der Waals surface area contributed by atoms with Crippen molar-refractivity contribution >= 4 is 17.5 Å². The van der Waals surface area contributed by atoms with Crippen LogP contribution in [0, 0.1) is 6.92 Å².